The number of anilines is 1. The Bertz CT molecular complexity index is 399. The Hall–Kier alpha value is -1.62. The van der Waals surface area contributed by atoms with Gasteiger partial charge in [0.2, 0.25) is 0 Å². The lowest BCUT2D eigenvalue weighted by atomic mass is 10.1. The van der Waals surface area contributed by atoms with Crippen molar-refractivity contribution in [2.45, 2.75) is 13.3 Å². The number of amides is 1. The van der Waals surface area contributed by atoms with Crippen LogP contribution >= 0.6 is 0 Å². The van der Waals surface area contributed by atoms with Crippen LogP contribution in [0.4, 0.5) is 5.69 Å². The first-order valence-electron chi connectivity index (χ1n) is 6.29. The highest BCUT2D eigenvalue weighted by Crippen LogP contribution is 2.15. The molecule has 0 aromatic carbocycles. The maximum Gasteiger partial charge on any atom is 0.272 e. The Morgan fingerprint density at radius 2 is 2.44 bits per heavy atom. The van der Waals surface area contributed by atoms with E-state index in [0.29, 0.717) is 23.8 Å². The fourth-order valence-corrected chi connectivity index (χ4v) is 2.09. The average Bonchev–Trinajstić information content (AvgIpc) is 2.89. The van der Waals surface area contributed by atoms with Gasteiger partial charge in [0, 0.05) is 25.6 Å². The number of ether oxygens (including phenoxy) is 1. The molecule has 5 heteroatoms. The molecule has 2 rings (SSSR count). The van der Waals surface area contributed by atoms with Gasteiger partial charge in [-0.1, -0.05) is 0 Å². The van der Waals surface area contributed by atoms with E-state index in [0.717, 1.165) is 26.2 Å². The van der Waals surface area contributed by atoms with Gasteiger partial charge < -0.3 is 15.4 Å². The number of aromatic nitrogens is 1. The zero-order valence-corrected chi connectivity index (χ0v) is 10.6. The van der Waals surface area contributed by atoms with Crippen molar-refractivity contribution >= 4 is 11.6 Å². The number of rotatable bonds is 4. The Kier molecular flexibility index (Phi) is 4.15. The highest BCUT2D eigenvalue weighted by Gasteiger charge is 2.22. The second-order valence-corrected chi connectivity index (χ2v) is 4.55. The third kappa shape index (κ3) is 2.98. The van der Waals surface area contributed by atoms with Crippen molar-refractivity contribution in [2.24, 2.45) is 5.92 Å². The molecule has 2 N–H and O–H groups in total. The zero-order valence-electron chi connectivity index (χ0n) is 10.6. The summed E-state index contributed by atoms with van der Waals surface area (Å²) < 4.78 is 5.33. The van der Waals surface area contributed by atoms with Gasteiger partial charge in [0.1, 0.15) is 5.69 Å². The Labute approximate surface area is 107 Å². The highest BCUT2D eigenvalue weighted by molar-refractivity contribution is 5.92. The van der Waals surface area contributed by atoms with E-state index in [2.05, 4.69) is 4.98 Å². The maximum atomic E-state index is 12.3. The van der Waals surface area contributed by atoms with Gasteiger partial charge in [-0.05, 0) is 25.5 Å². The molecule has 1 fully saturated rings. The van der Waals surface area contributed by atoms with Crippen molar-refractivity contribution in [3.8, 4) is 0 Å². The van der Waals surface area contributed by atoms with Crippen molar-refractivity contribution in [1.29, 1.82) is 0 Å². The predicted octanol–water partition coefficient (Wildman–Crippen LogP) is 1.16. The van der Waals surface area contributed by atoms with Gasteiger partial charge in [0.15, 0.2) is 0 Å². The summed E-state index contributed by atoms with van der Waals surface area (Å²) in [5, 5.41) is 0. The van der Waals surface area contributed by atoms with Gasteiger partial charge in [-0.25, -0.2) is 4.98 Å². The van der Waals surface area contributed by atoms with E-state index in [9.17, 15) is 4.79 Å². The fraction of sp³-hybridized carbons (Fsp3) is 0.538. The normalized spacial score (nSPS) is 18.8. The second kappa shape index (κ2) is 5.82. The van der Waals surface area contributed by atoms with E-state index in [1.807, 2.05) is 11.8 Å². The molecule has 1 amide bonds. The number of hydrogen-bond donors (Lipinski definition) is 1. The van der Waals surface area contributed by atoms with Crippen LogP contribution in [0, 0.1) is 5.92 Å². The summed E-state index contributed by atoms with van der Waals surface area (Å²) in [4.78, 5) is 18.1. The summed E-state index contributed by atoms with van der Waals surface area (Å²) in [6.45, 7) is 4.95. The highest BCUT2D eigenvalue weighted by atomic mass is 16.5. The molecule has 1 aliphatic rings. The monoisotopic (exact) mass is 249 g/mol. The minimum Gasteiger partial charge on any atom is -0.397 e. The van der Waals surface area contributed by atoms with Gasteiger partial charge in [-0.15, -0.1) is 0 Å². The molecule has 98 valence electrons. The number of carbonyl (C=O) groups is 1. The minimum absolute atomic E-state index is 0.0376. The Morgan fingerprint density at radius 1 is 1.61 bits per heavy atom. The van der Waals surface area contributed by atoms with Gasteiger partial charge in [0.25, 0.3) is 5.91 Å². The smallest absolute Gasteiger partial charge is 0.272 e. The number of nitrogens with two attached hydrogens (primary N) is 1. The van der Waals surface area contributed by atoms with Gasteiger partial charge in [-0.2, -0.15) is 0 Å². The lowest BCUT2D eigenvalue weighted by Crippen LogP contribution is -2.35. The summed E-state index contributed by atoms with van der Waals surface area (Å²) in [6.07, 6.45) is 2.54. The number of pyridine rings is 1. The van der Waals surface area contributed by atoms with Crippen molar-refractivity contribution < 1.29 is 9.53 Å². The molecule has 5 nitrogen and oxygen atoms in total. The van der Waals surface area contributed by atoms with Gasteiger partial charge in [-0.3, -0.25) is 4.79 Å². The van der Waals surface area contributed by atoms with Crippen molar-refractivity contribution in [3.63, 3.8) is 0 Å². The van der Waals surface area contributed by atoms with Crippen molar-refractivity contribution in [2.75, 3.05) is 32.0 Å². The van der Waals surface area contributed by atoms with E-state index in [1.54, 1.807) is 12.1 Å². The number of carbonyl (C=O) groups excluding carboxylic acids is 1. The van der Waals surface area contributed by atoms with E-state index < -0.39 is 0 Å². The van der Waals surface area contributed by atoms with E-state index in [4.69, 9.17) is 10.5 Å². The van der Waals surface area contributed by atoms with Crippen LogP contribution in [0.2, 0.25) is 0 Å². The first kappa shape index (κ1) is 12.8. The predicted molar refractivity (Wildman–Crippen MR) is 69.2 cm³/mol. The summed E-state index contributed by atoms with van der Waals surface area (Å²) >= 11 is 0. The second-order valence-electron chi connectivity index (χ2n) is 4.55. The van der Waals surface area contributed by atoms with Crippen LogP contribution in [0.15, 0.2) is 18.3 Å². The Morgan fingerprint density at radius 3 is 3.00 bits per heavy atom. The van der Waals surface area contributed by atoms with Crippen LogP contribution in [-0.4, -0.2) is 42.1 Å². The van der Waals surface area contributed by atoms with Gasteiger partial charge in [0.05, 0.1) is 18.5 Å². The molecule has 2 heterocycles. The Balaban J connectivity index is 2.02. The summed E-state index contributed by atoms with van der Waals surface area (Å²) in [5.41, 5.74) is 6.58. The largest absolute Gasteiger partial charge is 0.397 e. The molecule has 0 radical (unpaired) electrons. The molecular formula is C13H19N3O2. The van der Waals surface area contributed by atoms with Gasteiger partial charge >= 0.3 is 0 Å². The quantitative estimate of drug-likeness (QED) is 0.869. The fourth-order valence-electron chi connectivity index (χ4n) is 2.09. The third-order valence-corrected chi connectivity index (χ3v) is 3.18. The molecule has 1 aliphatic heterocycles. The molecule has 0 spiro atoms. The molecule has 0 aliphatic carbocycles. The average molecular weight is 249 g/mol. The van der Waals surface area contributed by atoms with Crippen LogP contribution in [-0.2, 0) is 4.74 Å². The lowest BCUT2D eigenvalue weighted by Gasteiger charge is -2.23. The maximum absolute atomic E-state index is 12.3. The van der Waals surface area contributed by atoms with Crippen LogP contribution in [0.25, 0.3) is 0 Å². The summed E-state index contributed by atoms with van der Waals surface area (Å²) in [7, 11) is 0. The van der Waals surface area contributed by atoms with Crippen LogP contribution < -0.4 is 5.73 Å². The topological polar surface area (TPSA) is 68.5 Å². The third-order valence-electron chi connectivity index (χ3n) is 3.18. The van der Waals surface area contributed by atoms with E-state index in [-0.39, 0.29) is 5.91 Å². The SMILES string of the molecule is CCN(CC1CCOC1)C(=O)c1ccc(N)cn1. The number of nitrogens with zero attached hydrogens (tertiary/aromatic N) is 2. The molecule has 1 aromatic rings. The molecular weight excluding hydrogens is 230 g/mol. The number of hydrogen-bond acceptors (Lipinski definition) is 4. The molecule has 0 bridgehead atoms. The van der Waals surface area contributed by atoms with Crippen molar-refractivity contribution in [1.82, 2.24) is 9.88 Å². The minimum atomic E-state index is -0.0376. The molecule has 1 aromatic heterocycles. The molecule has 1 saturated heterocycles. The first-order valence-corrected chi connectivity index (χ1v) is 6.29. The summed E-state index contributed by atoms with van der Waals surface area (Å²) in [5.74, 6) is 0.409. The molecule has 1 atom stereocenters. The zero-order chi connectivity index (χ0) is 13.0. The van der Waals surface area contributed by atoms with Crippen LogP contribution in [0.5, 0.6) is 0 Å². The molecule has 1 unspecified atom stereocenters. The van der Waals surface area contributed by atoms with Crippen LogP contribution in [0.3, 0.4) is 0 Å². The van der Waals surface area contributed by atoms with Crippen LogP contribution in [0.1, 0.15) is 23.8 Å². The number of nitrogen functional groups attached to an aromatic ring is 1. The molecule has 18 heavy (non-hydrogen) atoms. The van der Waals surface area contributed by atoms with Crippen molar-refractivity contribution in [3.05, 3.63) is 24.0 Å². The standard InChI is InChI=1S/C13H19N3O2/c1-2-16(8-10-5-6-18-9-10)13(17)12-4-3-11(14)7-15-12/h3-4,7,10H,2,5-6,8-9,14H2,1H3. The van der Waals surface area contributed by atoms with E-state index >= 15 is 0 Å². The molecule has 0 saturated carbocycles. The lowest BCUT2D eigenvalue weighted by molar-refractivity contribution is 0.0725. The van der Waals surface area contributed by atoms with E-state index in [1.165, 1.54) is 6.20 Å². The summed E-state index contributed by atoms with van der Waals surface area (Å²) in [6, 6.07) is 3.37. The first-order chi connectivity index (χ1) is 8.70.